The highest BCUT2D eigenvalue weighted by atomic mass is 32.2. The number of aromatic nitrogens is 1. The van der Waals surface area contributed by atoms with E-state index in [1.54, 1.807) is 18.3 Å². The maximum absolute atomic E-state index is 11.8. The van der Waals surface area contributed by atoms with Crippen molar-refractivity contribution in [2.45, 2.75) is 11.1 Å². The van der Waals surface area contributed by atoms with Crippen molar-refractivity contribution < 1.29 is 9.53 Å². The summed E-state index contributed by atoms with van der Waals surface area (Å²) in [6.07, 6.45) is 1.61. The lowest BCUT2D eigenvalue weighted by Crippen LogP contribution is -2.43. The predicted molar refractivity (Wildman–Crippen MR) is 74.7 cm³/mol. The molecule has 1 unspecified atom stereocenters. The number of esters is 1. The molecule has 1 aliphatic heterocycles. The van der Waals surface area contributed by atoms with Crippen LogP contribution in [0.3, 0.4) is 0 Å². The third-order valence-electron chi connectivity index (χ3n) is 3.14. The van der Waals surface area contributed by atoms with E-state index < -0.39 is 22.9 Å². The number of rotatable bonds is 1. The van der Waals surface area contributed by atoms with Crippen LogP contribution in [0.1, 0.15) is 0 Å². The van der Waals surface area contributed by atoms with Crippen molar-refractivity contribution in [1.29, 1.82) is 0 Å². The van der Waals surface area contributed by atoms with Crippen molar-refractivity contribution in [3.8, 4) is 11.1 Å². The van der Waals surface area contributed by atoms with Crippen molar-refractivity contribution >= 4 is 23.4 Å². The van der Waals surface area contributed by atoms with E-state index in [-0.39, 0.29) is 5.69 Å². The normalized spacial score (nSPS) is 17.4. The molecule has 0 saturated carbocycles. The molecule has 20 heavy (non-hydrogen) atoms. The molecule has 0 aliphatic carbocycles. The van der Waals surface area contributed by atoms with Gasteiger partial charge in [0.1, 0.15) is 11.1 Å². The van der Waals surface area contributed by atoms with Gasteiger partial charge in [0.2, 0.25) is 10.9 Å². The molecule has 2 aromatic rings. The third kappa shape index (κ3) is 1.82. The second-order valence-electron chi connectivity index (χ2n) is 4.30. The molecular formula is C13H10N2O4S. The largest absolute Gasteiger partial charge is 0.467 e. The van der Waals surface area contributed by atoms with Gasteiger partial charge in [0.05, 0.1) is 18.4 Å². The second kappa shape index (κ2) is 4.75. The first-order chi connectivity index (χ1) is 9.63. The van der Waals surface area contributed by atoms with E-state index in [1.165, 1.54) is 18.9 Å². The molecule has 1 aliphatic rings. The molecule has 0 amide bonds. The number of carbonyl (C=O) groups is 1. The average Bonchev–Trinajstić information content (AvgIpc) is 2.47. The fourth-order valence-electron chi connectivity index (χ4n) is 2.13. The van der Waals surface area contributed by atoms with Crippen LogP contribution in [-0.4, -0.2) is 29.9 Å². The highest BCUT2D eigenvalue weighted by molar-refractivity contribution is 7.99. The van der Waals surface area contributed by atoms with Crippen molar-refractivity contribution in [2.24, 2.45) is 0 Å². The minimum atomic E-state index is -0.679. The highest BCUT2D eigenvalue weighted by Crippen LogP contribution is 2.34. The van der Waals surface area contributed by atoms with Crippen molar-refractivity contribution in [3.63, 3.8) is 0 Å². The van der Waals surface area contributed by atoms with E-state index in [0.717, 1.165) is 0 Å². The zero-order valence-electron chi connectivity index (χ0n) is 10.5. The van der Waals surface area contributed by atoms with Crippen molar-refractivity contribution in [3.05, 3.63) is 38.8 Å². The van der Waals surface area contributed by atoms with E-state index in [1.807, 2.05) is 0 Å². The summed E-state index contributed by atoms with van der Waals surface area (Å²) in [6.45, 7) is 0. The molecule has 0 saturated heterocycles. The summed E-state index contributed by atoms with van der Waals surface area (Å²) in [5, 5.41) is 3.45. The minimum Gasteiger partial charge on any atom is -0.467 e. The number of fused-ring (bicyclic) bond motifs is 3. The minimum absolute atomic E-state index is 0.181. The Hall–Kier alpha value is -2.15. The first kappa shape index (κ1) is 12.9. The molecule has 6 nitrogen and oxygen atoms in total. The molecule has 1 N–H and O–H groups in total. The maximum Gasteiger partial charge on any atom is 0.329 e. The summed E-state index contributed by atoms with van der Waals surface area (Å²) in [6, 6.07) is 2.77. The molecule has 7 heteroatoms. The maximum atomic E-state index is 11.8. The lowest BCUT2D eigenvalue weighted by Gasteiger charge is -2.23. The van der Waals surface area contributed by atoms with Gasteiger partial charge in [-0.15, -0.1) is 11.8 Å². The molecule has 102 valence electrons. The Morgan fingerprint density at radius 1 is 1.45 bits per heavy atom. The first-order valence-corrected chi connectivity index (χ1v) is 6.88. The van der Waals surface area contributed by atoms with Gasteiger partial charge < -0.3 is 10.1 Å². The number of thioether (sulfide) groups is 1. The van der Waals surface area contributed by atoms with Crippen LogP contribution in [0.15, 0.2) is 32.9 Å². The molecule has 2 heterocycles. The summed E-state index contributed by atoms with van der Waals surface area (Å²) < 4.78 is 4.69. The summed E-state index contributed by atoms with van der Waals surface area (Å²) in [5.74, 6) is -0.106. The van der Waals surface area contributed by atoms with Gasteiger partial charge in [-0.1, -0.05) is 0 Å². The topological polar surface area (TPSA) is 85.4 Å². The number of pyridine rings is 1. The number of nitrogens with one attached hydrogen (secondary N) is 1. The Balaban J connectivity index is 2.13. The van der Waals surface area contributed by atoms with Gasteiger partial charge in [0.15, 0.2) is 0 Å². The Morgan fingerprint density at radius 3 is 3.00 bits per heavy atom. The number of methoxy groups -OCH3 is 1. The summed E-state index contributed by atoms with van der Waals surface area (Å²) in [4.78, 5) is 39.3. The molecule has 3 rings (SSSR count). The van der Waals surface area contributed by atoms with E-state index >= 15 is 0 Å². The molecule has 1 aromatic heterocycles. The fourth-order valence-corrected chi connectivity index (χ4v) is 3.13. The molecule has 0 radical (unpaired) electrons. The second-order valence-corrected chi connectivity index (χ2v) is 5.30. The van der Waals surface area contributed by atoms with Crippen LogP contribution in [-0.2, 0) is 9.53 Å². The Labute approximate surface area is 117 Å². The summed E-state index contributed by atoms with van der Waals surface area (Å²) in [5.41, 5.74) is -0.0319. The standard InChI is InChI=1S/C13H10N2O4S/c1-19-13(18)7-5-20-12-6(3-2-4-14-12)8-9(15-7)11(17)10(8)16/h2-4,7,15H,5H2,1H3. The van der Waals surface area contributed by atoms with Gasteiger partial charge >= 0.3 is 5.97 Å². The van der Waals surface area contributed by atoms with Gasteiger partial charge in [0, 0.05) is 17.5 Å². The SMILES string of the molecule is COC(=O)C1CSc2ncccc2-c2c(c(=O)c2=O)N1. The molecule has 0 bridgehead atoms. The van der Waals surface area contributed by atoms with Crippen molar-refractivity contribution in [2.75, 3.05) is 18.2 Å². The van der Waals surface area contributed by atoms with E-state index in [2.05, 4.69) is 15.0 Å². The van der Waals surface area contributed by atoms with Gasteiger partial charge in [-0.2, -0.15) is 0 Å². The van der Waals surface area contributed by atoms with E-state index in [0.29, 0.717) is 21.9 Å². The molecule has 1 atom stereocenters. The van der Waals surface area contributed by atoms with Gasteiger partial charge in [-0.25, -0.2) is 9.78 Å². The van der Waals surface area contributed by atoms with Crippen LogP contribution in [0, 0.1) is 0 Å². The van der Waals surface area contributed by atoms with Crippen LogP contribution in [0.5, 0.6) is 0 Å². The third-order valence-corrected chi connectivity index (χ3v) is 4.24. The first-order valence-electron chi connectivity index (χ1n) is 5.89. The van der Waals surface area contributed by atoms with Crippen LogP contribution in [0.2, 0.25) is 0 Å². The number of anilines is 1. The van der Waals surface area contributed by atoms with Crippen LogP contribution in [0.4, 0.5) is 5.69 Å². The van der Waals surface area contributed by atoms with Gasteiger partial charge in [-0.3, -0.25) is 9.59 Å². The monoisotopic (exact) mass is 290 g/mol. The highest BCUT2D eigenvalue weighted by Gasteiger charge is 2.31. The van der Waals surface area contributed by atoms with Gasteiger partial charge in [0.25, 0.3) is 0 Å². The summed E-state index contributed by atoms with van der Waals surface area (Å²) in [7, 11) is 1.28. The average molecular weight is 290 g/mol. The predicted octanol–water partition coefficient (Wildman–Crippen LogP) is 0.404. The smallest absolute Gasteiger partial charge is 0.329 e. The Bertz CT molecular complexity index is 764. The number of ether oxygens (including phenoxy) is 1. The zero-order chi connectivity index (χ0) is 14.3. The molecule has 0 spiro atoms. The van der Waals surface area contributed by atoms with Crippen molar-refractivity contribution in [1.82, 2.24) is 4.98 Å². The molecule has 1 aromatic carbocycles. The quantitative estimate of drug-likeness (QED) is 0.601. The Morgan fingerprint density at radius 2 is 2.25 bits per heavy atom. The van der Waals surface area contributed by atoms with E-state index in [4.69, 9.17) is 0 Å². The Kier molecular flexibility index (Phi) is 3.06. The number of nitrogens with zero attached hydrogens (tertiary/aromatic N) is 1. The lowest BCUT2D eigenvalue weighted by molar-refractivity contribution is -0.140. The van der Waals surface area contributed by atoms with Crippen LogP contribution < -0.4 is 16.2 Å². The van der Waals surface area contributed by atoms with Crippen LogP contribution in [0.25, 0.3) is 11.1 Å². The summed E-state index contributed by atoms with van der Waals surface area (Å²) >= 11 is 1.35. The van der Waals surface area contributed by atoms with Gasteiger partial charge in [-0.05, 0) is 12.1 Å². The number of carbonyl (C=O) groups excluding carboxylic acids is 1. The van der Waals surface area contributed by atoms with E-state index in [9.17, 15) is 14.4 Å². The molecule has 0 fully saturated rings. The van der Waals surface area contributed by atoms with Crippen LogP contribution >= 0.6 is 11.8 Å². The molecular weight excluding hydrogens is 280 g/mol. The zero-order valence-corrected chi connectivity index (χ0v) is 11.3. The number of hydrogen-bond donors (Lipinski definition) is 1. The lowest BCUT2D eigenvalue weighted by atomic mass is 9.99. The number of hydrogen-bond acceptors (Lipinski definition) is 7. The fraction of sp³-hybridized carbons (Fsp3) is 0.231.